The van der Waals surface area contributed by atoms with E-state index in [4.69, 9.17) is 0 Å². The zero-order chi connectivity index (χ0) is 7.82. The van der Waals surface area contributed by atoms with Crippen molar-refractivity contribution in [2.45, 2.75) is 45.3 Å². The molecule has 0 aliphatic heterocycles. The van der Waals surface area contributed by atoms with Crippen molar-refractivity contribution in [3.05, 3.63) is 0 Å². The largest absolute Gasteiger partial charge is 0.300 e. The van der Waals surface area contributed by atoms with Crippen LogP contribution in [0.3, 0.4) is 0 Å². The van der Waals surface area contributed by atoms with Gasteiger partial charge in [0, 0.05) is 12.8 Å². The first-order chi connectivity index (χ1) is 4.89. The summed E-state index contributed by atoms with van der Waals surface area (Å²) in [6.45, 7) is 1.50. The van der Waals surface area contributed by atoms with Gasteiger partial charge in [-0.05, 0) is 12.8 Å². The van der Waals surface area contributed by atoms with Gasteiger partial charge < -0.3 is 0 Å². The Morgan fingerprint density at radius 2 is 1.40 bits per heavy atom. The first-order valence-electron chi connectivity index (χ1n) is 3.99. The highest BCUT2D eigenvalue weighted by Crippen LogP contribution is 2.12. The maximum absolute atomic E-state index is 10.7. The molecular formula is C8H15BO. The second kappa shape index (κ2) is 6.85. The second-order valence-corrected chi connectivity index (χ2v) is 2.45. The lowest BCUT2D eigenvalue weighted by Crippen LogP contribution is -1.91. The van der Waals surface area contributed by atoms with E-state index in [9.17, 15) is 4.79 Å². The third kappa shape index (κ3) is 4.60. The van der Waals surface area contributed by atoms with Crippen LogP contribution in [0, 0.1) is 0 Å². The highest BCUT2D eigenvalue weighted by molar-refractivity contribution is 6.05. The van der Waals surface area contributed by atoms with Gasteiger partial charge in [0.05, 0.1) is 7.85 Å². The first kappa shape index (κ1) is 9.73. The summed E-state index contributed by atoms with van der Waals surface area (Å²) in [5.74, 6) is 0.475. The summed E-state index contributed by atoms with van der Waals surface area (Å²) in [7, 11) is 4.50. The van der Waals surface area contributed by atoms with Gasteiger partial charge >= 0.3 is 0 Å². The minimum Gasteiger partial charge on any atom is -0.300 e. The van der Waals surface area contributed by atoms with Crippen LogP contribution >= 0.6 is 0 Å². The average Bonchev–Trinajstić information content (AvgIpc) is 2.21. The summed E-state index contributed by atoms with van der Waals surface area (Å²) in [6.07, 6.45) is 6.51. The van der Waals surface area contributed by atoms with Crippen LogP contribution in [0.4, 0.5) is 0 Å². The summed E-state index contributed by atoms with van der Waals surface area (Å²) in [6, 6.07) is 0. The molecule has 0 aromatic carbocycles. The highest BCUT2D eigenvalue weighted by atomic mass is 16.1. The average molecular weight is 138 g/mol. The molecule has 0 heterocycles. The standard InChI is InChI=1S/C7H12O.CH3B/c8-7-5-3-1-2-4-6-7;1-2/h1-6H2;1H3. The second-order valence-electron chi connectivity index (χ2n) is 2.45. The molecule has 2 radical (unpaired) electrons. The van der Waals surface area contributed by atoms with E-state index in [0.717, 1.165) is 25.7 Å². The van der Waals surface area contributed by atoms with Gasteiger partial charge in [0.2, 0.25) is 0 Å². The Labute approximate surface area is 64.6 Å². The van der Waals surface area contributed by atoms with Gasteiger partial charge in [0.25, 0.3) is 0 Å². The summed E-state index contributed by atoms with van der Waals surface area (Å²) >= 11 is 0. The normalized spacial score (nSPS) is 18.7. The predicted molar refractivity (Wildman–Crippen MR) is 44.3 cm³/mol. The topological polar surface area (TPSA) is 17.1 Å². The number of ketones is 1. The van der Waals surface area contributed by atoms with Crippen molar-refractivity contribution in [3.63, 3.8) is 0 Å². The fourth-order valence-electron chi connectivity index (χ4n) is 1.12. The van der Waals surface area contributed by atoms with Crippen molar-refractivity contribution < 1.29 is 4.79 Å². The van der Waals surface area contributed by atoms with Crippen LogP contribution in [-0.2, 0) is 4.79 Å². The van der Waals surface area contributed by atoms with Crippen molar-refractivity contribution in [1.82, 2.24) is 0 Å². The summed E-state index contributed by atoms with van der Waals surface area (Å²) in [5, 5.41) is 0. The fraction of sp³-hybridized carbons (Fsp3) is 0.875. The molecule has 10 heavy (non-hydrogen) atoms. The molecule has 0 aromatic rings. The molecule has 1 aliphatic rings. The van der Waals surface area contributed by atoms with Crippen LogP contribution in [0.25, 0.3) is 0 Å². The van der Waals surface area contributed by atoms with Gasteiger partial charge in [-0.1, -0.05) is 19.7 Å². The van der Waals surface area contributed by atoms with E-state index in [1.54, 1.807) is 0 Å². The smallest absolute Gasteiger partial charge is 0.132 e. The molecule has 0 atom stereocenters. The lowest BCUT2D eigenvalue weighted by Gasteiger charge is -1.87. The number of carbonyl (C=O) groups excluding carboxylic acids is 1. The van der Waals surface area contributed by atoms with Crippen LogP contribution in [-0.4, -0.2) is 13.6 Å². The minimum absolute atomic E-state index is 0.475. The van der Waals surface area contributed by atoms with Gasteiger partial charge in [-0.25, -0.2) is 0 Å². The van der Waals surface area contributed by atoms with Gasteiger partial charge in [0.15, 0.2) is 0 Å². The summed E-state index contributed by atoms with van der Waals surface area (Å²) in [5.41, 5.74) is 0. The number of rotatable bonds is 0. The predicted octanol–water partition coefficient (Wildman–Crippen LogP) is 2.11. The quantitative estimate of drug-likeness (QED) is 0.370. The molecule has 0 amide bonds. The molecule has 0 saturated heterocycles. The van der Waals surface area contributed by atoms with Gasteiger partial charge in [-0.3, -0.25) is 4.79 Å². The number of hydrogen-bond donors (Lipinski definition) is 0. The van der Waals surface area contributed by atoms with Gasteiger partial charge in [0.1, 0.15) is 5.78 Å². The van der Waals surface area contributed by atoms with Gasteiger partial charge in [-0.15, -0.1) is 0 Å². The summed E-state index contributed by atoms with van der Waals surface area (Å²) in [4.78, 5) is 10.7. The monoisotopic (exact) mass is 138 g/mol. The highest BCUT2D eigenvalue weighted by Gasteiger charge is 2.04. The Morgan fingerprint density at radius 1 is 1.00 bits per heavy atom. The Hall–Kier alpha value is -0.265. The molecule has 0 bridgehead atoms. The molecule has 0 unspecified atom stereocenters. The van der Waals surface area contributed by atoms with E-state index in [-0.39, 0.29) is 0 Å². The molecule has 0 N–H and O–H groups in total. The Kier molecular flexibility index (Phi) is 6.67. The minimum atomic E-state index is 0.475. The van der Waals surface area contributed by atoms with Crippen LogP contribution in [0.5, 0.6) is 0 Å². The zero-order valence-electron chi connectivity index (χ0n) is 6.73. The fourth-order valence-corrected chi connectivity index (χ4v) is 1.12. The number of carbonyl (C=O) groups is 1. The molecule has 2 heteroatoms. The van der Waals surface area contributed by atoms with Crippen LogP contribution < -0.4 is 0 Å². The first-order valence-corrected chi connectivity index (χ1v) is 3.99. The number of Topliss-reactive ketones (excluding diaryl/α,β-unsaturated/α-hetero) is 1. The van der Waals surface area contributed by atoms with Crippen LogP contribution in [0.15, 0.2) is 0 Å². The van der Waals surface area contributed by atoms with Crippen molar-refractivity contribution in [2.75, 3.05) is 0 Å². The van der Waals surface area contributed by atoms with E-state index in [0.29, 0.717) is 5.78 Å². The number of hydrogen-bond acceptors (Lipinski definition) is 1. The van der Waals surface area contributed by atoms with Crippen LogP contribution in [0.1, 0.15) is 38.5 Å². The van der Waals surface area contributed by atoms with Gasteiger partial charge in [-0.2, -0.15) is 0 Å². The molecule has 1 saturated carbocycles. The van der Waals surface area contributed by atoms with E-state index < -0.39 is 0 Å². The molecule has 1 aliphatic carbocycles. The summed E-state index contributed by atoms with van der Waals surface area (Å²) < 4.78 is 0. The molecule has 0 spiro atoms. The molecule has 1 fully saturated rings. The SMILES string of the molecule is O=C1CCCCCC1.[B]C. The Balaban J connectivity index is 0.000000371. The van der Waals surface area contributed by atoms with Crippen molar-refractivity contribution in [1.29, 1.82) is 0 Å². The third-order valence-electron chi connectivity index (χ3n) is 1.66. The molecule has 1 rings (SSSR count). The van der Waals surface area contributed by atoms with E-state index in [2.05, 4.69) is 7.85 Å². The van der Waals surface area contributed by atoms with E-state index >= 15 is 0 Å². The lowest BCUT2D eigenvalue weighted by atomic mass is 10.2. The molecule has 56 valence electrons. The van der Waals surface area contributed by atoms with Crippen molar-refractivity contribution >= 4 is 13.6 Å². The molecule has 0 aromatic heterocycles. The maximum Gasteiger partial charge on any atom is 0.132 e. The third-order valence-corrected chi connectivity index (χ3v) is 1.66. The lowest BCUT2D eigenvalue weighted by molar-refractivity contribution is -0.118. The van der Waals surface area contributed by atoms with E-state index in [1.165, 1.54) is 19.7 Å². The van der Waals surface area contributed by atoms with E-state index in [1.807, 2.05) is 0 Å². The Bertz CT molecular complexity index is 81.3. The molecule has 1 nitrogen and oxygen atoms in total. The maximum atomic E-state index is 10.7. The van der Waals surface area contributed by atoms with Crippen LogP contribution in [0.2, 0.25) is 6.82 Å². The zero-order valence-corrected chi connectivity index (χ0v) is 6.73. The molecular weight excluding hydrogens is 123 g/mol. The van der Waals surface area contributed by atoms with Crippen molar-refractivity contribution in [2.24, 2.45) is 0 Å². The van der Waals surface area contributed by atoms with Crippen molar-refractivity contribution in [3.8, 4) is 0 Å². The Morgan fingerprint density at radius 3 is 1.80 bits per heavy atom.